The molecule has 2 atom stereocenters. The molecule has 2 N–H and O–H groups in total. The van der Waals surface area contributed by atoms with Gasteiger partial charge in [-0.15, -0.1) is 6.58 Å². The molecule has 0 unspecified atom stereocenters. The van der Waals surface area contributed by atoms with Gasteiger partial charge in [0.2, 0.25) is 5.91 Å². The highest BCUT2D eigenvalue weighted by molar-refractivity contribution is 5.76. The monoisotopic (exact) mass is 127 g/mol. The standard InChI is InChI=1S/C7H13NO/c1-4-5(2)6(3)7(8)9/h4-6H,1H2,2-3H3,(H2,8,9)/t5-,6+/m0/s1. The maximum Gasteiger partial charge on any atom is 0.220 e. The second-order valence-electron chi connectivity index (χ2n) is 2.29. The lowest BCUT2D eigenvalue weighted by Crippen LogP contribution is -2.24. The number of carbonyl (C=O) groups is 1. The van der Waals surface area contributed by atoms with Gasteiger partial charge in [0.05, 0.1) is 0 Å². The predicted molar refractivity (Wildman–Crippen MR) is 37.7 cm³/mol. The van der Waals surface area contributed by atoms with Crippen LogP contribution in [0.5, 0.6) is 0 Å². The third kappa shape index (κ3) is 2.31. The summed E-state index contributed by atoms with van der Waals surface area (Å²) in [5.41, 5.74) is 5.03. The summed E-state index contributed by atoms with van der Waals surface area (Å²) < 4.78 is 0. The summed E-state index contributed by atoms with van der Waals surface area (Å²) in [5.74, 6) is -0.174. The molecule has 0 saturated heterocycles. The van der Waals surface area contributed by atoms with Crippen LogP contribution < -0.4 is 5.73 Å². The van der Waals surface area contributed by atoms with Crippen LogP contribution in [0.1, 0.15) is 13.8 Å². The van der Waals surface area contributed by atoms with E-state index in [1.165, 1.54) is 0 Å². The highest BCUT2D eigenvalue weighted by Crippen LogP contribution is 2.09. The van der Waals surface area contributed by atoms with Gasteiger partial charge in [-0.25, -0.2) is 0 Å². The van der Waals surface area contributed by atoms with Gasteiger partial charge in [0, 0.05) is 5.92 Å². The molecule has 0 aliphatic heterocycles. The minimum atomic E-state index is -0.262. The molecule has 0 spiro atoms. The van der Waals surface area contributed by atoms with E-state index >= 15 is 0 Å². The Bertz CT molecular complexity index is 120. The largest absolute Gasteiger partial charge is 0.369 e. The maximum absolute atomic E-state index is 10.5. The average Bonchev–Trinajstić information content (AvgIpc) is 1.84. The molecule has 0 fully saturated rings. The molecule has 0 aliphatic carbocycles. The second-order valence-corrected chi connectivity index (χ2v) is 2.29. The summed E-state index contributed by atoms with van der Waals surface area (Å²) in [4.78, 5) is 10.5. The number of primary amides is 1. The molecule has 52 valence electrons. The van der Waals surface area contributed by atoms with Crippen LogP contribution in [-0.4, -0.2) is 5.91 Å². The minimum absolute atomic E-state index is 0.0949. The Kier molecular flexibility index (Phi) is 2.99. The van der Waals surface area contributed by atoms with E-state index < -0.39 is 0 Å². The summed E-state index contributed by atoms with van der Waals surface area (Å²) in [6, 6.07) is 0. The molecule has 0 aliphatic rings. The van der Waals surface area contributed by atoms with Crippen LogP contribution in [0.25, 0.3) is 0 Å². The van der Waals surface area contributed by atoms with E-state index in [0.29, 0.717) is 0 Å². The highest BCUT2D eigenvalue weighted by Gasteiger charge is 2.13. The van der Waals surface area contributed by atoms with Gasteiger partial charge in [0.1, 0.15) is 0 Å². The zero-order valence-corrected chi connectivity index (χ0v) is 5.92. The molecule has 2 nitrogen and oxygen atoms in total. The van der Waals surface area contributed by atoms with E-state index in [0.717, 1.165) is 0 Å². The zero-order chi connectivity index (χ0) is 7.44. The fourth-order valence-corrected chi connectivity index (χ4v) is 0.463. The lowest BCUT2D eigenvalue weighted by Gasteiger charge is -2.10. The molecule has 0 saturated carbocycles. The summed E-state index contributed by atoms with van der Waals surface area (Å²) in [7, 11) is 0. The Morgan fingerprint density at radius 1 is 1.67 bits per heavy atom. The van der Waals surface area contributed by atoms with Gasteiger partial charge < -0.3 is 5.73 Å². The van der Waals surface area contributed by atoms with Gasteiger partial charge >= 0.3 is 0 Å². The quantitative estimate of drug-likeness (QED) is 0.563. The maximum atomic E-state index is 10.5. The molecule has 0 heterocycles. The van der Waals surface area contributed by atoms with Crippen LogP contribution in [0.15, 0.2) is 12.7 Å². The van der Waals surface area contributed by atoms with E-state index in [2.05, 4.69) is 6.58 Å². The first kappa shape index (κ1) is 8.21. The van der Waals surface area contributed by atoms with Crippen LogP contribution in [0.4, 0.5) is 0 Å². The second kappa shape index (κ2) is 3.28. The summed E-state index contributed by atoms with van der Waals surface area (Å²) in [6.45, 7) is 7.28. The zero-order valence-electron chi connectivity index (χ0n) is 5.92. The van der Waals surface area contributed by atoms with Gasteiger partial charge in [0.15, 0.2) is 0 Å². The van der Waals surface area contributed by atoms with Gasteiger partial charge in [-0.3, -0.25) is 4.79 Å². The van der Waals surface area contributed by atoms with Crippen molar-refractivity contribution in [3.8, 4) is 0 Å². The molecule has 0 radical (unpaired) electrons. The van der Waals surface area contributed by atoms with Crippen molar-refractivity contribution in [2.45, 2.75) is 13.8 Å². The van der Waals surface area contributed by atoms with Crippen molar-refractivity contribution in [3.63, 3.8) is 0 Å². The third-order valence-corrected chi connectivity index (χ3v) is 1.61. The number of hydrogen-bond donors (Lipinski definition) is 1. The van der Waals surface area contributed by atoms with Crippen molar-refractivity contribution in [2.24, 2.45) is 17.6 Å². The lowest BCUT2D eigenvalue weighted by molar-refractivity contribution is -0.122. The van der Waals surface area contributed by atoms with Crippen molar-refractivity contribution < 1.29 is 4.79 Å². The summed E-state index contributed by atoms with van der Waals surface area (Å²) in [6.07, 6.45) is 1.73. The highest BCUT2D eigenvalue weighted by atomic mass is 16.1. The number of allylic oxidation sites excluding steroid dienone is 1. The molecule has 2 heteroatoms. The van der Waals surface area contributed by atoms with Crippen molar-refractivity contribution in [2.75, 3.05) is 0 Å². The number of nitrogens with two attached hydrogens (primary N) is 1. The van der Waals surface area contributed by atoms with E-state index in [1.54, 1.807) is 13.0 Å². The van der Waals surface area contributed by atoms with Crippen LogP contribution in [0, 0.1) is 11.8 Å². The minimum Gasteiger partial charge on any atom is -0.369 e. The first-order valence-corrected chi connectivity index (χ1v) is 3.01. The predicted octanol–water partition coefficient (Wildman–Crippen LogP) is 0.930. The van der Waals surface area contributed by atoms with E-state index in [1.807, 2.05) is 6.92 Å². The van der Waals surface area contributed by atoms with Crippen LogP contribution >= 0.6 is 0 Å². The Balaban J connectivity index is 3.86. The van der Waals surface area contributed by atoms with Gasteiger partial charge in [0.25, 0.3) is 0 Å². The number of hydrogen-bond acceptors (Lipinski definition) is 1. The fraction of sp³-hybridized carbons (Fsp3) is 0.571. The molecule has 9 heavy (non-hydrogen) atoms. The molecular weight excluding hydrogens is 114 g/mol. The number of carbonyl (C=O) groups excluding carboxylic acids is 1. The molecule has 0 aromatic carbocycles. The lowest BCUT2D eigenvalue weighted by atomic mass is 9.96. The first-order valence-electron chi connectivity index (χ1n) is 3.01. The Morgan fingerprint density at radius 2 is 2.11 bits per heavy atom. The molecule has 0 aromatic rings. The molecule has 0 rings (SSSR count). The van der Waals surface area contributed by atoms with Crippen LogP contribution in [0.2, 0.25) is 0 Å². The van der Waals surface area contributed by atoms with Gasteiger partial charge in [-0.2, -0.15) is 0 Å². The molecule has 1 amide bonds. The van der Waals surface area contributed by atoms with Crippen molar-refractivity contribution >= 4 is 5.91 Å². The smallest absolute Gasteiger partial charge is 0.220 e. The van der Waals surface area contributed by atoms with E-state index in [-0.39, 0.29) is 17.7 Å². The van der Waals surface area contributed by atoms with Gasteiger partial charge in [-0.05, 0) is 5.92 Å². The third-order valence-electron chi connectivity index (χ3n) is 1.61. The Hall–Kier alpha value is -0.790. The Labute approximate surface area is 55.7 Å². The first-order chi connectivity index (χ1) is 4.09. The van der Waals surface area contributed by atoms with Crippen LogP contribution in [-0.2, 0) is 4.79 Å². The van der Waals surface area contributed by atoms with Gasteiger partial charge in [-0.1, -0.05) is 19.9 Å². The summed E-state index contributed by atoms with van der Waals surface area (Å²) >= 11 is 0. The number of amides is 1. The molecular formula is C7H13NO. The fourth-order valence-electron chi connectivity index (χ4n) is 0.463. The normalized spacial score (nSPS) is 16.2. The molecule has 0 bridgehead atoms. The van der Waals surface area contributed by atoms with Crippen LogP contribution in [0.3, 0.4) is 0 Å². The Morgan fingerprint density at radius 3 is 2.22 bits per heavy atom. The topological polar surface area (TPSA) is 43.1 Å². The van der Waals surface area contributed by atoms with Crippen molar-refractivity contribution in [3.05, 3.63) is 12.7 Å². The number of rotatable bonds is 3. The van der Waals surface area contributed by atoms with E-state index in [9.17, 15) is 4.79 Å². The summed E-state index contributed by atoms with van der Waals surface area (Å²) in [5, 5.41) is 0. The average molecular weight is 127 g/mol. The van der Waals surface area contributed by atoms with Crippen molar-refractivity contribution in [1.29, 1.82) is 0 Å². The molecule has 0 aromatic heterocycles. The van der Waals surface area contributed by atoms with E-state index in [4.69, 9.17) is 5.73 Å². The van der Waals surface area contributed by atoms with Crippen molar-refractivity contribution in [1.82, 2.24) is 0 Å². The SMILES string of the molecule is C=C[C@H](C)[C@@H](C)C(N)=O.